The van der Waals surface area contributed by atoms with Crippen molar-refractivity contribution < 1.29 is 4.79 Å². The smallest absolute Gasteiger partial charge is 0.240 e. The first kappa shape index (κ1) is 14.5. The van der Waals surface area contributed by atoms with Gasteiger partial charge >= 0.3 is 0 Å². The lowest BCUT2D eigenvalue weighted by atomic mass is 9.91. The number of hydrogen-bond acceptors (Lipinski definition) is 4. The Kier molecular flexibility index (Phi) is 4.22. The summed E-state index contributed by atoms with van der Waals surface area (Å²) in [5, 5.41) is 7.45. The lowest BCUT2D eigenvalue weighted by molar-refractivity contribution is -0.127. The quantitative estimate of drug-likeness (QED) is 0.893. The molecule has 1 unspecified atom stereocenters. The molecule has 2 aromatic rings. The van der Waals surface area contributed by atoms with Crippen molar-refractivity contribution >= 4 is 27.5 Å². The Hall–Kier alpha value is -1.46. The number of amides is 1. The van der Waals surface area contributed by atoms with Crippen LogP contribution < -0.4 is 10.6 Å². The second-order valence-corrected chi connectivity index (χ2v) is 6.74. The predicted molar refractivity (Wildman–Crippen MR) is 86.3 cm³/mol. The molecule has 0 spiro atoms. The molecule has 0 radical (unpaired) electrons. The topological polar surface area (TPSA) is 54.0 Å². The molecule has 1 aromatic heterocycles. The molecule has 0 bridgehead atoms. The Bertz CT molecular complexity index is 598. The standard InChI is InChI=1S/C16H21N3OS/c1-2-8-16(9-5-10-18-16)15(20)17-11-14-19-12-6-3-4-7-13(12)21-14/h3-4,6-7,18H,2,5,8-11H2,1H3,(H,17,20). The van der Waals surface area contributed by atoms with E-state index in [-0.39, 0.29) is 11.4 Å². The molecular formula is C16H21N3OS. The van der Waals surface area contributed by atoms with E-state index < -0.39 is 0 Å². The van der Waals surface area contributed by atoms with E-state index in [2.05, 4.69) is 28.6 Å². The highest BCUT2D eigenvalue weighted by atomic mass is 32.1. The molecule has 21 heavy (non-hydrogen) atoms. The lowest BCUT2D eigenvalue weighted by Gasteiger charge is -2.27. The van der Waals surface area contributed by atoms with Crippen LogP contribution in [-0.2, 0) is 11.3 Å². The van der Waals surface area contributed by atoms with E-state index in [0.29, 0.717) is 6.54 Å². The van der Waals surface area contributed by atoms with Gasteiger partial charge in [-0.2, -0.15) is 0 Å². The van der Waals surface area contributed by atoms with Crippen LogP contribution in [0.2, 0.25) is 0 Å². The SMILES string of the molecule is CCCC1(C(=O)NCc2nc3ccccc3s2)CCCN1. The van der Waals surface area contributed by atoms with E-state index >= 15 is 0 Å². The number of benzene rings is 1. The van der Waals surface area contributed by atoms with Crippen molar-refractivity contribution in [1.82, 2.24) is 15.6 Å². The monoisotopic (exact) mass is 303 g/mol. The van der Waals surface area contributed by atoms with Gasteiger partial charge in [-0.15, -0.1) is 11.3 Å². The molecule has 0 saturated carbocycles. The van der Waals surface area contributed by atoms with Crippen LogP contribution in [0.5, 0.6) is 0 Å². The van der Waals surface area contributed by atoms with Gasteiger partial charge in [0.25, 0.3) is 0 Å². The van der Waals surface area contributed by atoms with E-state index in [1.165, 1.54) is 4.70 Å². The number of fused-ring (bicyclic) bond motifs is 1. The maximum Gasteiger partial charge on any atom is 0.240 e. The Morgan fingerprint density at radius 2 is 2.33 bits per heavy atom. The Morgan fingerprint density at radius 1 is 1.48 bits per heavy atom. The summed E-state index contributed by atoms with van der Waals surface area (Å²) in [5.74, 6) is 0.126. The second kappa shape index (κ2) is 6.12. The third kappa shape index (κ3) is 2.94. The molecule has 2 heterocycles. The van der Waals surface area contributed by atoms with Crippen molar-refractivity contribution in [3.63, 3.8) is 0 Å². The van der Waals surface area contributed by atoms with Gasteiger partial charge in [0.05, 0.1) is 22.3 Å². The lowest BCUT2D eigenvalue weighted by Crippen LogP contribution is -2.53. The molecule has 3 rings (SSSR count). The zero-order valence-corrected chi connectivity index (χ0v) is 13.1. The van der Waals surface area contributed by atoms with Crippen molar-refractivity contribution in [2.75, 3.05) is 6.54 Å². The number of carbonyl (C=O) groups is 1. The van der Waals surface area contributed by atoms with Crippen molar-refractivity contribution in [3.05, 3.63) is 29.3 Å². The maximum atomic E-state index is 12.5. The summed E-state index contributed by atoms with van der Waals surface area (Å²) >= 11 is 1.65. The van der Waals surface area contributed by atoms with Crippen LogP contribution in [0.3, 0.4) is 0 Å². The summed E-state index contributed by atoms with van der Waals surface area (Å²) < 4.78 is 1.17. The molecule has 1 saturated heterocycles. The fourth-order valence-electron chi connectivity index (χ4n) is 3.07. The summed E-state index contributed by atoms with van der Waals surface area (Å²) in [6, 6.07) is 8.08. The third-order valence-electron chi connectivity index (χ3n) is 4.09. The minimum Gasteiger partial charge on any atom is -0.348 e. The summed E-state index contributed by atoms with van der Waals surface area (Å²) in [7, 11) is 0. The number of aromatic nitrogens is 1. The average Bonchev–Trinajstić information content (AvgIpc) is 3.12. The van der Waals surface area contributed by atoms with Crippen LogP contribution in [0.25, 0.3) is 10.2 Å². The summed E-state index contributed by atoms with van der Waals surface area (Å²) in [4.78, 5) is 17.1. The number of carbonyl (C=O) groups excluding carboxylic acids is 1. The molecule has 1 amide bonds. The molecule has 1 fully saturated rings. The highest BCUT2D eigenvalue weighted by molar-refractivity contribution is 7.18. The fourth-order valence-corrected chi connectivity index (χ4v) is 3.98. The molecule has 0 aliphatic carbocycles. The van der Waals surface area contributed by atoms with Crippen LogP contribution >= 0.6 is 11.3 Å². The Morgan fingerprint density at radius 3 is 3.05 bits per heavy atom. The maximum absolute atomic E-state index is 12.5. The van der Waals surface area contributed by atoms with Crippen molar-refractivity contribution in [2.24, 2.45) is 0 Å². The van der Waals surface area contributed by atoms with E-state index in [1.54, 1.807) is 11.3 Å². The zero-order chi connectivity index (χ0) is 14.7. The van der Waals surface area contributed by atoms with Gasteiger partial charge in [0.2, 0.25) is 5.91 Å². The van der Waals surface area contributed by atoms with Crippen LogP contribution in [0.15, 0.2) is 24.3 Å². The molecule has 1 atom stereocenters. The summed E-state index contributed by atoms with van der Waals surface area (Å²) in [6.45, 7) is 3.59. The van der Waals surface area contributed by atoms with Crippen molar-refractivity contribution in [2.45, 2.75) is 44.7 Å². The van der Waals surface area contributed by atoms with Gasteiger partial charge in [-0.3, -0.25) is 4.79 Å². The Balaban J connectivity index is 1.67. The number of para-hydroxylation sites is 1. The van der Waals surface area contributed by atoms with Gasteiger partial charge in [-0.25, -0.2) is 4.98 Å². The van der Waals surface area contributed by atoms with E-state index in [0.717, 1.165) is 42.8 Å². The van der Waals surface area contributed by atoms with Gasteiger partial charge in [0.1, 0.15) is 5.01 Å². The van der Waals surface area contributed by atoms with Gasteiger partial charge in [-0.05, 0) is 37.9 Å². The predicted octanol–water partition coefficient (Wildman–Crippen LogP) is 2.83. The van der Waals surface area contributed by atoms with Gasteiger partial charge in [0.15, 0.2) is 0 Å². The fraction of sp³-hybridized carbons (Fsp3) is 0.500. The van der Waals surface area contributed by atoms with E-state index in [9.17, 15) is 4.79 Å². The second-order valence-electron chi connectivity index (χ2n) is 5.62. The highest BCUT2D eigenvalue weighted by Crippen LogP contribution is 2.26. The van der Waals surface area contributed by atoms with Crippen molar-refractivity contribution in [3.8, 4) is 0 Å². The van der Waals surface area contributed by atoms with Crippen LogP contribution in [-0.4, -0.2) is 23.0 Å². The van der Waals surface area contributed by atoms with E-state index in [1.807, 2.05) is 18.2 Å². The third-order valence-corrected chi connectivity index (χ3v) is 5.13. The first-order chi connectivity index (χ1) is 10.2. The number of nitrogens with one attached hydrogen (secondary N) is 2. The molecule has 1 aromatic carbocycles. The molecule has 4 nitrogen and oxygen atoms in total. The van der Waals surface area contributed by atoms with Crippen LogP contribution in [0.1, 0.15) is 37.6 Å². The first-order valence-electron chi connectivity index (χ1n) is 7.61. The number of rotatable bonds is 5. The zero-order valence-electron chi connectivity index (χ0n) is 12.3. The summed E-state index contributed by atoms with van der Waals surface area (Å²) in [5.41, 5.74) is 0.653. The van der Waals surface area contributed by atoms with Crippen LogP contribution in [0.4, 0.5) is 0 Å². The molecule has 1 aliphatic rings. The van der Waals surface area contributed by atoms with Crippen LogP contribution in [0, 0.1) is 0 Å². The van der Waals surface area contributed by atoms with Gasteiger partial charge in [-0.1, -0.05) is 25.5 Å². The molecule has 1 aliphatic heterocycles. The first-order valence-corrected chi connectivity index (χ1v) is 8.43. The Labute approximate surface area is 129 Å². The normalized spacial score (nSPS) is 21.8. The number of nitrogens with zero attached hydrogens (tertiary/aromatic N) is 1. The highest BCUT2D eigenvalue weighted by Gasteiger charge is 2.39. The largest absolute Gasteiger partial charge is 0.348 e. The van der Waals surface area contributed by atoms with Gasteiger partial charge in [0, 0.05) is 0 Å². The number of hydrogen-bond donors (Lipinski definition) is 2. The molecule has 112 valence electrons. The van der Waals surface area contributed by atoms with Gasteiger partial charge < -0.3 is 10.6 Å². The average molecular weight is 303 g/mol. The summed E-state index contributed by atoms with van der Waals surface area (Å²) in [6.07, 6.45) is 3.93. The minimum atomic E-state index is -0.356. The minimum absolute atomic E-state index is 0.126. The molecule has 2 N–H and O–H groups in total. The molecular weight excluding hydrogens is 282 g/mol. The number of thiazole rings is 1. The molecule has 5 heteroatoms. The van der Waals surface area contributed by atoms with E-state index in [4.69, 9.17) is 0 Å². The van der Waals surface area contributed by atoms with Crippen molar-refractivity contribution in [1.29, 1.82) is 0 Å².